The summed E-state index contributed by atoms with van der Waals surface area (Å²) in [7, 11) is 3.18. The third kappa shape index (κ3) is 6.49. The Kier molecular flexibility index (Phi) is 9.31. The predicted octanol–water partition coefficient (Wildman–Crippen LogP) is 2.34. The quantitative estimate of drug-likeness (QED) is 0.614. The first kappa shape index (κ1) is 26.0. The van der Waals surface area contributed by atoms with Gasteiger partial charge in [0.15, 0.2) is 0 Å². The van der Waals surface area contributed by atoms with Crippen molar-refractivity contribution in [3.8, 4) is 17.7 Å². The van der Waals surface area contributed by atoms with Crippen LogP contribution in [0.5, 0.6) is 5.88 Å². The second kappa shape index (κ2) is 12.2. The van der Waals surface area contributed by atoms with Crippen LogP contribution in [-0.2, 0) is 9.53 Å². The molecule has 2 heterocycles. The molecule has 8 heteroatoms. The number of amides is 2. The molecule has 0 saturated heterocycles. The van der Waals surface area contributed by atoms with Gasteiger partial charge < -0.3 is 24.4 Å². The van der Waals surface area contributed by atoms with Crippen LogP contribution < -0.4 is 4.74 Å². The topological polar surface area (TPSA) is 92.2 Å². The fourth-order valence-electron chi connectivity index (χ4n) is 4.51. The first-order valence-corrected chi connectivity index (χ1v) is 12.1. The summed E-state index contributed by atoms with van der Waals surface area (Å²) in [5, 5.41) is 9.79. The molecule has 1 N–H and O–H groups in total. The number of methoxy groups -OCH3 is 1. The monoisotopic (exact) mass is 471 g/mol. The van der Waals surface area contributed by atoms with E-state index in [9.17, 15) is 14.7 Å². The number of likely N-dealkylation sites (N-methyl/N-ethyl adjacent to an activating group) is 1. The predicted molar refractivity (Wildman–Crippen MR) is 128 cm³/mol. The van der Waals surface area contributed by atoms with E-state index in [4.69, 9.17) is 9.47 Å². The van der Waals surface area contributed by atoms with E-state index in [-0.39, 0.29) is 42.9 Å². The van der Waals surface area contributed by atoms with Gasteiger partial charge in [0.2, 0.25) is 11.8 Å². The van der Waals surface area contributed by atoms with E-state index in [1.165, 1.54) is 32.8 Å². The van der Waals surface area contributed by atoms with Crippen molar-refractivity contribution in [2.75, 3.05) is 40.5 Å². The van der Waals surface area contributed by atoms with Crippen LogP contribution in [0.25, 0.3) is 0 Å². The van der Waals surface area contributed by atoms with Crippen LogP contribution in [0.4, 0.5) is 0 Å². The van der Waals surface area contributed by atoms with Gasteiger partial charge in [-0.15, -0.1) is 0 Å². The highest BCUT2D eigenvalue weighted by atomic mass is 16.5. The number of aliphatic hydroxyl groups is 1. The van der Waals surface area contributed by atoms with Gasteiger partial charge in [0.25, 0.3) is 5.91 Å². The van der Waals surface area contributed by atoms with Crippen LogP contribution in [0.1, 0.15) is 61.9 Å². The van der Waals surface area contributed by atoms with Gasteiger partial charge in [-0.25, -0.2) is 4.98 Å². The lowest BCUT2D eigenvalue weighted by molar-refractivity contribution is -0.135. The Hall–Kier alpha value is -2.63. The number of ether oxygens (including phenoxy) is 2. The zero-order chi connectivity index (χ0) is 24.7. The fraction of sp³-hybridized carbons (Fsp3) is 0.654. The van der Waals surface area contributed by atoms with Gasteiger partial charge in [0, 0.05) is 44.8 Å². The van der Waals surface area contributed by atoms with Gasteiger partial charge in [0.05, 0.1) is 19.2 Å². The van der Waals surface area contributed by atoms with Crippen LogP contribution >= 0.6 is 0 Å². The van der Waals surface area contributed by atoms with Crippen molar-refractivity contribution >= 4 is 11.8 Å². The van der Waals surface area contributed by atoms with E-state index in [1.54, 1.807) is 29.1 Å². The van der Waals surface area contributed by atoms with Crippen LogP contribution in [0.15, 0.2) is 12.3 Å². The number of aromatic nitrogens is 1. The summed E-state index contributed by atoms with van der Waals surface area (Å²) in [4.78, 5) is 33.4. The Balaban J connectivity index is 1.88. The molecule has 1 aliphatic carbocycles. The highest BCUT2D eigenvalue weighted by molar-refractivity contribution is 5.97. The van der Waals surface area contributed by atoms with Gasteiger partial charge in [-0.2, -0.15) is 0 Å². The number of nitrogens with zero attached hydrogens (tertiary/aromatic N) is 3. The van der Waals surface area contributed by atoms with Gasteiger partial charge in [0.1, 0.15) is 18.3 Å². The summed E-state index contributed by atoms with van der Waals surface area (Å²) in [6, 6.07) is 1.36. The maximum atomic E-state index is 13.5. The summed E-state index contributed by atoms with van der Waals surface area (Å²) in [5.74, 6) is 6.81. The highest BCUT2D eigenvalue weighted by Crippen LogP contribution is 2.28. The number of pyridine rings is 1. The Morgan fingerprint density at radius 3 is 2.82 bits per heavy atom. The summed E-state index contributed by atoms with van der Waals surface area (Å²) >= 11 is 0. The van der Waals surface area contributed by atoms with Crippen LogP contribution in [-0.4, -0.2) is 84.3 Å². The van der Waals surface area contributed by atoms with Gasteiger partial charge in [-0.1, -0.05) is 31.6 Å². The second-order valence-electron chi connectivity index (χ2n) is 9.56. The minimum atomic E-state index is -0.391. The van der Waals surface area contributed by atoms with Crippen LogP contribution in [0.3, 0.4) is 0 Å². The zero-order valence-electron chi connectivity index (χ0n) is 20.7. The van der Waals surface area contributed by atoms with E-state index in [2.05, 4.69) is 16.8 Å². The lowest BCUT2D eigenvalue weighted by atomic mass is 9.99. The molecule has 186 valence electrons. The molecule has 1 saturated carbocycles. The molecule has 8 nitrogen and oxygen atoms in total. The SMILES string of the molecule is COCC(=O)N(C)C[C@H]1Oc2ncc(C#CCC3CCCC3)cc2C(=O)N([C@H](C)CO)C[C@H]1C. The van der Waals surface area contributed by atoms with Crippen molar-refractivity contribution in [1.82, 2.24) is 14.8 Å². The maximum absolute atomic E-state index is 13.5. The molecule has 3 atom stereocenters. The van der Waals surface area contributed by atoms with E-state index >= 15 is 0 Å². The van der Waals surface area contributed by atoms with Crippen molar-refractivity contribution in [2.45, 2.75) is 58.1 Å². The first-order chi connectivity index (χ1) is 16.3. The minimum absolute atomic E-state index is 0.0124. The first-order valence-electron chi connectivity index (χ1n) is 12.1. The van der Waals surface area contributed by atoms with E-state index in [0.29, 0.717) is 30.1 Å². The van der Waals surface area contributed by atoms with Gasteiger partial charge >= 0.3 is 0 Å². The molecule has 3 rings (SSSR count). The van der Waals surface area contributed by atoms with Crippen LogP contribution in [0, 0.1) is 23.7 Å². The number of carbonyl (C=O) groups excluding carboxylic acids is 2. The average molecular weight is 472 g/mol. The second-order valence-corrected chi connectivity index (χ2v) is 9.56. The molecule has 0 aromatic carbocycles. The number of rotatable bonds is 7. The standard InChI is InChI=1S/C26H37N3O5/c1-18-14-29(19(2)16-30)26(32)22-12-21(11-7-10-20-8-5-6-9-20)13-27-25(22)34-23(18)15-28(3)24(31)17-33-4/h12-13,18-20,23,30H,5-6,8-10,14-17H2,1-4H3/t18-,19-,23-/m1/s1. The molecule has 0 radical (unpaired) electrons. The molecule has 1 aliphatic heterocycles. The maximum Gasteiger partial charge on any atom is 0.259 e. The largest absolute Gasteiger partial charge is 0.472 e. The average Bonchev–Trinajstić information content (AvgIpc) is 3.34. The lowest BCUT2D eigenvalue weighted by Crippen LogP contribution is -2.50. The number of carbonyl (C=O) groups is 2. The normalized spacial score (nSPS) is 21.6. The van der Waals surface area contributed by atoms with Gasteiger partial charge in [-0.3, -0.25) is 9.59 Å². The molecular weight excluding hydrogens is 434 g/mol. The number of aliphatic hydroxyl groups excluding tert-OH is 1. The van der Waals surface area contributed by atoms with Crippen molar-refractivity contribution in [3.63, 3.8) is 0 Å². The number of hydrogen-bond acceptors (Lipinski definition) is 6. The van der Waals surface area contributed by atoms with Crippen molar-refractivity contribution < 1.29 is 24.2 Å². The molecule has 1 aromatic heterocycles. The molecule has 2 amide bonds. The van der Waals surface area contributed by atoms with Crippen molar-refractivity contribution in [3.05, 3.63) is 23.4 Å². The molecule has 0 unspecified atom stereocenters. The molecular formula is C26H37N3O5. The Bertz CT molecular complexity index is 919. The molecule has 1 aromatic rings. The molecule has 0 bridgehead atoms. The smallest absolute Gasteiger partial charge is 0.259 e. The van der Waals surface area contributed by atoms with E-state index < -0.39 is 6.10 Å². The third-order valence-electron chi connectivity index (χ3n) is 6.77. The number of hydrogen-bond donors (Lipinski definition) is 1. The Labute approximate surface area is 202 Å². The van der Waals surface area contributed by atoms with Crippen molar-refractivity contribution in [1.29, 1.82) is 0 Å². The van der Waals surface area contributed by atoms with Crippen LogP contribution in [0.2, 0.25) is 0 Å². The summed E-state index contributed by atoms with van der Waals surface area (Å²) in [6.07, 6.45) is 7.13. The summed E-state index contributed by atoms with van der Waals surface area (Å²) < 4.78 is 11.2. The van der Waals surface area contributed by atoms with E-state index in [1.807, 2.05) is 13.8 Å². The lowest BCUT2D eigenvalue weighted by Gasteiger charge is -2.37. The van der Waals surface area contributed by atoms with E-state index in [0.717, 1.165) is 6.42 Å². The Morgan fingerprint density at radius 2 is 2.15 bits per heavy atom. The fourth-order valence-corrected chi connectivity index (χ4v) is 4.51. The number of fused-ring (bicyclic) bond motifs is 1. The molecule has 2 aliphatic rings. The van der Waals surface area contributed by atoms with Crippen molar-refractivity contribution in [2.24, 2.45) is 11.8 Å². The summed E-state index contributed by atoms with van der Waals surface area (Å²) in [6.45, 7) is 4.32. The third-order valence-corrected chi connectivity index (χ3v) is 6.77. The molecule has 0 spiro atoms. The molecule has 1 fully saturated rings. The highest BCUT2D eigenvalue weighted by Gasteiger charge is 2.34. The van der Waals surface area contributed by atoms with Gasteiger partial charge in [-0.05, 0) is 31.7 Å². The zero-order valence-corrected chi connectivity index (χ0v) is 20.7. The summed E-state index contributed by atoms with van der Waals surface area (Å²) in [5.41, 5.74) is 0.999. The molecule has 34 heavy (non-hydrogen) atoms. The minimum Gasteiger partial charge on any atom is -0.472 e. The Morgan fingerprint density at radius 1 is 1.41 bits per heavy atom.